The van der Waals surface area contributed by atoms with Crippen molar-refractivity contribution in [2.24, 2.45) is 5.73 Å². The van der Waals surface area contributed by atoms with Gasteiger partial charge in [0.15, 0.2) is 0 Å². The highest BCUT2D eigenvalue weighted by atomic mass is 35.5. The molecule has 2 heterocycles. The van der Waals surface area contributed by atoms with Gasteiger partial charge in [0.05, 0.1) is 0 Å². The maximum absolute atomic E-state index is 12.6. The lowest BCUT2D eigenvalue weighted by atomic mass is 10.0. The number of hydrogen-bond donors (Lipinski definition) is 1. The lowest BCUT2D eigenvalue weighted by Crippen LogP contribution is -2.45. The number of ether oxygens (including phenoxy) is 1. The first-order valence-corrected chi connectivity index (χ1v) is 13.5. The van der Waals surface area contributed by atoms with E-state index in [1.807, 2.05) is 18.2 Å². The van der Waals surface area contributed by atoms with Crippen LogP contribution < -0.4 is 10.5 Å². The van der Waals surface area contributed by atoms with E-state index in [2.05, 4.69) is 49.6 Å². The number of hydrogen-bond acceptors (Lipinski definition) is 4. The molecule has 3 aromatic carbocycles. The summed E-state index contributed by atoms with van der Waals surface area (Å²) >= 11 is 6.35. The zero-order valence-electron chi connectivity index (χ0n) is 21.6. The third-order valence-corrected chi connectivity index (χ3v) is 7.54. The molecule has 0 amide bonds. The minimum absolute atomic E-state index is 0.229. The molecule has 1 saturated heterocycles. The number of benzene rings is 3. The van der Waals surface area contributed by atoms with Gasteiger partial charge in [-0.1, -0.05) is 48.0 Å². The van der Waals surface area contributed by atoms with Crippen LogP contribution in [0, 0.1) is 0 Å². The molecular formula is C30H32ClF3N4O. The Labute approximate surface area is 231 Å². The number of nitrogens with two attached hydrogens (primary N) is 1. The van der Waals surface area contributed by atoms with Crippen molar-refractivity contribution in [2.45, 2.75) is 32.4 Å². The van der Waals surface area contributed by atoms with E-state index in [1.165, 1.54) is 17.7 Å². The second-order valence-electron chi connectivity index (χ2n) is 9.95. The highest BCUT2D eigenvalue weighted by molar-refractivity contribution is 6.31. The molecule has 0 unspecified atom stereocenters. The number of rotatable bonds is 9. The molecule has 1 fully saturated rings. The van der Waals surface area contributed by atoms with Crippen molar-refractivity contribution in [1.29, 1.82) is 0 Å². The Morgan fingerprint density at radius 2 is 1.56 bits per heavy atom. The average molecular weight is 557 g/mol. The van der Waals surface area contributed by atoms with Crippen LogP contribution in [0.1, 0.15) is 17.5 Å². The molecule has 1 aliphatic rings. The van der Waals surface area contributed by atoms with E-state index in [0.29, 0.717) is 6.54 Å². The fraction of sp³-hybridized carbons (Fsp3) is 0.333. The Morgan fingerprint density at radius 1 is 0.872 bits per heavy atom. The monoisotopic (exact) mass is 556 g/mol. The fourth-order valence-electron chi connectivity index (χ4n) is 5.19. The first-order chi connectivity index (χ1) is 18.8. The minimum Gasteiger partial charge on any atom is -0.406 e. The van der Waals surface area contributed by atoms with Gasteiger partial charge in [-0.3, -0.25) is 9.80 Å². The van der Waals surface area contributed by atoms with Gasteiger partial charge in [0.2, 0.25) is 0 Å². The largest absolute Gasteiger partial charge is 0.573 e. The molecule has 39 heavy (non-hydrogen) atoms. The fourth-order valence-corrected chi connectivity index (χ4v) is 5.38. The predicted octanol–water partition coefficient (Wildman–Crippen LogP) is 6.53. The summed E-state index contributed by atoms with van der Waals surface area (Å²) in [6.07, 6.45) is -1.81. The SMILES string of the molecule is NCCCn1cc(-c2ccc(OC(F)(F)F)cc2)c2cc(CN3CCN(Cc4ccccc4Cl)CC3)ccc21. The van der Waals surface area contributed by atoms with E-state index in [0.717, 1.165) is 84.9 Å². The van der Waals surface area contributed by atoms with Crippen LogP contribution in [0.25, 0.3) is 22.0 Å². The Hall–Kier alpha value is -3.04. The standard InChI is InChI=1S/C30H32ClF3N4O/c31-28-5-2-1-4-24(28)20-37-16-14-36(15-17-37)19-22-6-11-29-26(18-22)27(21-38(29)13-3-12-35)23-7-9-25(10-8-23)39-30(32,33)34/h1-2,4-11,18,21H,3,12-17,19-20,35H2. The molecule has 0 spiro atoms. The summed E-state index contributed by atoms with van der Waals surface area (Å²) in [6.45, 7) is 6.92. The Balaban J connectivity index is 1.32. The first-order valence-electron chi connectivity index (χ1n) is 13.2. The Bertz CT molecular complexity index is 1400. The van der Waals surface area contributed by atoms with Crippen LogP contribution >= 0.6 is 11.6 Å². The molecule has 2 N–H and O–H groups in total. The Kier molecular flexibility index (Phi) is 8.47. The van der Waals surface area contributed by atoms with E-state index in [-0.39, 0.29) is 5.75 Å². The van der Waals surface area contributed by atoms with Crippen LogP contribution in [0.5, 0.6) is 5.75 Å². The summed E-state index contributed by atoms with van der Waals surface area (Å²) in [5.74, 6) is -0.229. The molecule has 0 atom stereocenters. The van der Waals surface area contributed by atoms with Gasteiger partial charge in [0.25, 0.3) is 0 Å². The molecule has 0 saturated carbocycles. The highest BCUT2D eigenvalue weighted by Crippen LogP contribution is 2.34. The van der Waals surface area contributed by atoms with Crippen LogP contribution in [-0.2, 0) is 19.6 Å². The molecular weight excluding hydrogens is 525 g/mol. The summed E-state index contributed by atoms with van der Waals surface area (Å²) in [4.78, 5) is 4.89. The quantitative estimate of drug-likeness (QED) is 0.255. The number of aromatic nitrogens is 1. The topological polar surface area (TPSA) is 46.7 Å². The van der Waals surface area contributed by atoms with E-state index < -0.39 is 6.36 Å². The van der Waals surface area contributed by atoms with Crippen LogP contribution in [0.15, 0.2) is 72.9 Å². The summed E-state index contributed by atoms with van der Waals surface area (Å²) in [7, 11) is 0. The van der Waals surface area contributed by atoms with E-state index in [9.17, 15) is 13.2 Å². The molecule has 1 aliphatic heterocycles. The van der Waals surface area contributed by atoms with Crippen molar-refractivity contribution >= 4 is 22.5 Å². The van der Waals surface area contributed by atoms with Gasteiger partial charge in [-0.05, 0) is 60.0 Å². The number of nitrogens with zero attached hydrogens (tertiary/aromatic N) is 3. The zero-order chi connectivity index (χ0) is 27.4. The summed E-state index contributed by atoms with van der Waals surface area (Å²) < 4.78 is 44.1. The van der Waals surface area contributed by atoms with Crippen LogP contribution in [0.4, 0.5) is 13.2 Å². The molecule has 5 rings (SSSR count). The number of fused-ring (bicyclic) bond motifs is 1. The zero-order valence-corrected chi connectivity index (χ0v) is 22.4. The van der Waals surface area contributed by atoms with Crippen molar-refractivity contribution < 1.29 is 17.9 Å². The second kappa shape index (κ2) is 12.0. The molecule has 206 valence electrons. The van der Waals surface area contributed by atoms with E-state index in [4.69, 9.17) is 17.3 Å². The maximum atomic E-state index is 12.6. The number of alkyl halides is 3. The van der Waals surface area contributed by atoms with Gasteiger partial charge in [-0.25, -0.2) is 0 Å². The second-order valence-corrected chi connectivity index (χ2v) is 10.4. The first kappa shape index (κ1) is 27.5. The molecule has 4 aromatic rings. The third-order valence-electron chi connectivity index (χ3n) is 7.17. The number of halogens is 4. The van der Waals surface area contributed by atoms with Crippen molar-refractivity contribution in [1.82, 2.24) is 14.4 Å². The predicted molar refractivity (Wildman–Crippen MR) is 150 cm³/mol. The van der Waals surface area contributed by atoms with Crippen molar-refractivity contribution in [3.63, 3.8) is 0 Å². The number of aryl methyl sites for hydroxylation is 1. The highest BCUT2D eigenvalue weighted by Gasteiger charge is 2.31. The smallest absolute Gasteiger partial charge is 0.406 e. The van der Waals surface area contributed by atoms with Gasteiger partial charge < -0.3 is 15.0 Å². The average Bonchev–Trinajstić information content (AvgIpc) is 3.27. The molecule has 0 bridgehead atoms. The molecule has 0 radical (unpaired) electrons. The van der Waals surface area contributed by atoms with Gasteiger partial charge in [0.1, 0.15) is 5.75 Å². The van der Waals surface area contributed by atoms with Crippen LogP contribution in [0.3, 0.4) is 0 Å². The van der Waals surface area contributed by atoms with Crippen molar-refractivity contribution in [3.8, 4) is 16.9 Å². The van der Waals surface area contributed by atoms with E-state index >= 15 is 0 Å². The van der Waals surface area contributed by atoms with Gasteiger partial charge in [-0.2, -0.15) is 0 Å². The summed E-state index contributed by atoms with van der Waals surface area (Å²) in [5.41, 5.74) is 11.0. The number of piperazine rings is 1. The molecule has 5 nitrogen and oxygen atoms in total. The lowest BCUT2D eigenvalue weighted by Gasteiger charge is -2.35. The molecule has 9 heteroatoms. The maximum Gasteiger partial charge on any atom is 0.573 e. The van der Waals surface area contributed by atoms with Gasteiger partial charge >= 0.3 is 6.36 Å². The third kappa shape index (κ3) is 6.94. The lowest BCUT2D eigenvalue weighted by molar-refractivity contribution is -0.274. The van der Waals surface area contributed by atoms with Crippen LogP contribution in [-0.4, -0.2) is 53.5 Å². The van der Waals surface area contributed by atoms with Crippen molar-refractivity contribution in [2.75, 3.05) is 32.7 Å². The normalized spacial score (nSPS) is 15.2. The van der Waals surface area contributed by atoms with Crippen molar-refractivity contribution in [3.05, 3.63) is 89.1 Å². The Morgan fingerprint density at radius 3 is 2.23 bits per heavy atom. The summed E-state index contributed by atoms with van der Waals surface area (Å²) in [6, 6.07) is 20.6. The molecule has 1 aromatic heterocycles. The summed E-state index contributed by atoms with van der Waals surface area (Å²) in [5, 5.41) is 1.89. The van der Waals surface area contributed by atoms with Crippen LogP contribution in [0.2, 0.25) is 5.02 Å². The van der Waals surface area contributed by atoms with E-state index in [1.54, 1.807) is 12.1 Å². The van der Waals surface area contributed by atoms with Gasteiger partial charge in [-0.15, -0.1) is 13.2 Å². The van der Waals surface area contributed by atoms with Gasteiger partial charge in [0, 0.05) is 73.5 Å². The minimum atomic E-state index is -4.71. The molecule has 0 aliphatic carbocycles.